The summed E-state index contributed by atoms with van der Waals surface area (Å²) in [4.78, 5) is 26.4. The highest BCUT2D eigenvalue weighted by molar-refractivity contribution is 5.97. The first kappa shape index (κ1) is 17.0. The molecule has 3 rings (SSSR count). The molecule has 0 spiro atoms. The topological polar surface area (TPSA) is 58.6 Å². The summed E-state index contributed by atoms with van der Waals surface area (Å²) in [6.45, 7) is 2.96. The van der Waals surface area contributed by atoms with E-state index in [1.165, 1.54) is 0 Å². The largest absolute Gasteiger partial charge is 0.497 e. The Morgan fingerprint density at radius 2 is 1.84 bits per heavy atom. The molecule has 0 aromatic heterocycles. The molecule has 1 N–H and O–H groups in total. The summed E-state index contributed by atoms with van der Waals surface area (Å²) < 4.78 is 5.14. The minimum absolute atomic E-state index is 0.0138. The van der Waals surface area contributed by atoms with Crippen LogP contribution in [0.4, 0.5) is 5.69 Å². The van der Waals surface area contributed by atoms with E-state index in [1.54, 1.807) is 12.0 Å². The fourth-order valence-corrected chi connectivity index (χ4v) is 2.93. The van der Waals surface area contributed by atoms with Crippen LogP contribution in [0.15, 0.2) is 48.5 Å². The number of carbonyl (C=O) groups excluding carboxylic acids is 2. The number of amides is 2. The predicted molar refractivity (Wildman–Crippen MR) is 96.3 cm³/mol. The van der Waals surface area contributed by atoms with Gasteiger partial charge in [0.05, 0.1) is 13.0 Å². The second kappa shape index (κ2) is 7.38. The van der Waals surface area contributed by atoms with Crippen LogP contribution in [0.25, 0.3) is 0 Å². The molecule has 130 valence electrons. The summed E-state index contributed by atoms with van der Waals surface area (Å²) in [5, 5.41) is 2.90. The van der Waals surface area contributed by atoms with E-state index in [0.29, 0.717) is 13.1 Å². The van der Waals surface area contributed by atoms with Crippen LogP contribution < -0.4 is 10.1 Å². The molecule has 1 aliphatic rings. The molecule has 25 heavy (non-hydrogen) atoms. The lowest BCUT2D eigenvalue weighted by molar-refractivity contribution is -0.128. The van der Waals surface area contributed by atoms with E-state index in [1.807, 2.05) is 55.5 Å². The SMILES string of the molecule is COc1ccc(CN2C[C@@H](C(=O)Nc3ccc(C)cc3)CC2=O)cc1. The normalized spacial score (nSPS) is 16.8. The van der Waals surface area contributed by atoms with Gasteiger partial charge in [0.1, 0.15) is 5.75 Å². The van der Waals surface area contributed by atoms with E-state index >= 15 is 0 Å². The average molecular weight is 338 g/mol. The average Bonchev–Trinajstić information content (AvgIpc) is 2.98. The Bertz CT molecular complexity index is 754. The van der Waals surface area contributed by atoms with Crippen LogP contribution in [0.1, 0.15) is 17.5 Å². The zero-order chi connectivity index (χ0) is 17.8. The van der Waals surface area contributed by atoms with Crippen LogP contribution >= 0.6 is 0 Å². The van der Waals surface area contributed by atoms with Crippen molar-refractivity contribution in [2.24, 2.45) is 5.92 Å². The molecule has 0 bridgehead atoms. The van der Waals surface area contributed by atoms with Gasteiger partial charge in [0, 0.05) is 25.2 Å². The molecule has 2 aromatic rings. The van der Waals surface area contributed by atoms with E-state index < -0.39 is 0 Å². The third-order valence-corrected chi connectivity index (χ3v) is 4.44. The van der Waals surface area contributed by atoms with Gasteiger partial charge in [-0.15, -0.1) is 0 Å². The summed E-state index contributed by atoms with van der Waals surface area (Å²) in [6.07, 6.45) is 0.258. The Morgan fingerprint density at radius 1 is 1.16 bits per heavy atom. The minimum atomic E-state index is -0.313. The number of nitrogens with one attached hydrogen (secondary N) is 1. The van der Waals surface area contributed by atoms with E-state index in [4.69, 9.17) is 4.74 Å². The van der Waals surface area contributed by atoms with Crippen molar-refractivity contribution in [3.05, 3.63) is 59.7 Å². The van der Waals surface area contributed by atoms with E-state index in [0.717, 1.165) is 22.6 Å². The van der Waals surface area contributed by atoms with Gasteiger partial charge in [-0.05, 0) is 36.8 Å². The highest BCUT2D eigenvalue weighted by Gasteiger charge is 2.34. The zero-order valence-corrected chi connectivity index (χ0v) is 14.5. The lowest BCUT2D eigenvalue weighted by atomic mass is 10.1. The Morgan fingerprint density at radius 3 is 2.48 bits per heavy atom. The van der Waals surface area contributed by atoms with E-state index in [-0.39, 0.29) is 24.2 Å². The van der Waals surface area contributed by atoms with Crippen LogP contribution in [0.2, 0.25) is 0 Å². The van der Waals surface area contributed by atoms with Crippen molar-refractivity contribution in [2.75, 3.05) is 19.0 Å². The number of hydrogen-bond donors (Lipinski definition) is 1. The molecule has 5 heteroatoms. The molecule has 2 amide bonds. The number of carbonyl (C=O) groups is 2. The summed E-state index contributed by atoms with van der Waals surface area (Å²) in [5.41, 5.74) is 2.92. The third-order valence-electron chi connectivity index (χ3n) is 4.44. The molecule has 0 saturated carbocycles. The maximum absolute atomic E-state index is 12.4. The van der Waals surface area contributed by atoms with Crippen LogP contribution in [0.5, 0.6) is 5.75 Å². The van der Waals surface area contributed by atoms with Crippen LogP contribution in [-0.2, 0) is 16.1 Å². The van der Waals surface area contributed by atoms with Gasteiger partial charge in [-0.1, -0.05) is 29.8 Å². The molecule has 1 atom stereocenters. The molecule has 0 unspecified atom stereocenters. The molecule has 5 nitrogen and oxygen atoms in total. The van der Waals surface area contributed by atoms with Crippen LogP contribution in [0.3, 0.4) is 0 Å². The monoisotopic (exact) mass is 338 g/mol. The fourth-order valence-electron chi connectivity index (χ4n) is 2.93. The molecule has 0 aliphatic carbocycles. The number of likely N-dealkylation sites (tertiary alicyclic amines) is 1. The number of benzene rings is 2. The maximum atomic E-state index is 12.4. The van der Waals surface area contributed by atoms with Crippen molar-refractivity contribution < 1.29 is 14.3 Å². The quantitative estimate of drug-likeness (QED) is 0.912. The summed E-state index contributed by atoms with van der Waals surface area (Å²) in [5.74, 6) is 0.383. The first-order valence-corrected chi connectivity index (χ1v) is 8.33. The molecular weight excluding hydrogens is 316 g/mol. The number of ether oxygens (including phenoxy) is 1. The van der Waals surface area contributed by atoms with E-state index in [9.17, 15) is 9.59 Å². The van der Waals surface area contributed by atoms with Gasteiger partial charge in [-0.25, -0.2) is 0 Å². The first-order chi connectivity index (χ1) is 12.0. The third kappa shape index (κ3) is 4.18. The second-order valence-electron chi connectivity index (χ2n) is 6.38. The lowest BCUT2D eigenvalue weighted by Gasteiger charge is -2.17. The Labute approximate surface area is 147 Å². The standard InChI is InChI=1S/C20H22N2O3/c1-14-3-7-17(8-4-14)21-20(24)16-11-19(23)22(13-16)12-15-5-9-18(25-2)10-6-15/h3-10,16H,11-13H2,1-2H3,(H,21,24)/t16-/m0/s1. The summed E-state index contributed by atoms with van der Waals surface area (Å²) in [6, 6.07) is 15.3. The molecule has 1 heterocycles. The number of rotatable bonds is 5. The fraction of sp³-hybridized carbons (Fsp3) is 0.300. The number of hydrogen-bond acceptors (Lipinski definition) is 3. The number of aryl methyl sites for hydroxylation is 1. The first-order valence-electron chi connectivity index (χ1n) is 8.33. The number of methoxy groups -OCH3 is 1. The second-order valence-corrected chi connectivity index (χ2v) is 6.38. The van der Waals surface area contributed by atoms with Gasteiger partial charge in [-0.3, -0.25) is 9.59 Å². The summed E-state index contributed by atoms with van der Waals surface area (Å²) in [7, 11) is 1.62. The number of anilines is 1. The van der Waals surface area contributed by atoms with Gasteiger partial charge in [0.2, 0.25) is 11.8 Å². The maximum Gasteiger partial charge on any atom is 0.229 e. The van der Waals surface area contributed by atoms with Crippen molar-refractivity contribution in [2.45, 2.75) is 19.9 Å². The van der Waals surface area contributed by atoms with Gasteiger partial charge in [0.25, 0.3) is 0 Å². The Hall–Kier alpha value is -2.82. The number of nitrogens with zero attached hydrogens (tertiary/aromatic N) is 1. The van der Waals surface area contributed by atoms with Gasteiger partial charge < -0.3 is 15.0 Å². The Balaban J connectivity index is 1.59. The molecular formula is C20H22N2O3. The lowest BCUT2D eigenvalue weighted by Crippen LogP contribution is -2.28. The molecule has 2 aromatic carbocycles. The van der Waals surface area contributed by atoms with Crippen molar-refractivity contribution in [3.8, 4) is 5.75 Å². The molecule has 1 saturated heterocycles. The summed E-state index contributed by atoms with van der Waals surface area (Å²) >= 11 is 0. The van der Waals surface area contributed by atoms with Gasteiger partial charge >= 0.3 is 0 Å². The molecule has 1 fully saturated rings. The Kier molecular flexibility index (Phi) is 5.03. The molecule has 1 aliphatic heterocycles. The van der Waals surface area contributed by atoms with E-state index in [2.05, 4.69) is 5.32 Å². The van der Waals surface area contributed by atoms with Crippen molar-refractivity contribution in [1.82, 2.24) is 4.90 Å². The van der Waals surface area contributed by atoms with Crippen LogP contribution in [-0.4, -0.2) is 30.4 Å². The molecule has 0 radical (unpaired) electrons. The van der Waals surface area contributed by atoms with Crippen molar-refractivity contribution in [1.29, 1.82) is 0 Å². The minimum Gasteiger partial charge on any atom is -0.497 e. The van der Waals surface area contributed by atoms with Crippen LogP contribution in [0, 0.1) is 12.8 Å². The van der Waals surface area contributed by atoms with Gasteiger partial charge in [0.15, 0.2) is 0 Å². The smallest absolute Gasteiger partial charge is 0.229 e. The van der Waals surface area contributed by atoms with Crippen molar-refractivity contribution in [3.63, 3.8) is 0 Å². The highest BCUT2D eigenvalue weighted by atomic mass is 16.5. The highest BCUT2D eigenvalue weighted by Crippen LogP contribution is 2.23. The van der Waals surface area contributed by atoms with Crippen molar-refractivity contribution >= 4 is 17.5 Å². The predicted octanol–water partition coefficient (Wildman–Crippen LogP) is 2.99. The van der Waals surface area contributed by atoms with Gasteiger partial charge in [-0.2, -0.15) is 0 Å². The zero-order valence-electron chi connectivity index (χ0n) is 14.5.